The summed E-state index contributed by atoms with van der Waals surface area (Å²) in [5.41, 5.74) is 0. The van der Waals surface area contributed by atoms with Gasteiger partial charge in [0.05, 0.1) is 0 Å². The van der Waals surface area contributed by atoms with Gasteiger partial charge in [-0.05, 0) is 0 Å². The Labute approximate surface area is 48.8 Å². The predicted molar refractivity (Wildman–Crippen MR) is 21.2 cm³/mol. The fraction of sp³-hybridized carbons (Fsp3) is 0. The van der Waals surface area contributed by atoms with E-state index in [9.17, 15) is 0 Å². The zero-order chi connectivity index (χ0) is 4.41. The molecule has 6 heavy (non-hydrogen) atoms. The summed E-state index contributed by atoms with van der Waals surface area (Å²) < 4.78 is 1.73. The first-order valence-corrected chi connectivity index (χ1v) is 2.73. The van der Waals surface area contributed by atoms with E-state index in [0.717, 1.165) is 0 Å². The number of nitrogens with zero attached hydrogens (tertiary/aromatic N) is 3. The van der Waals surface area contributed by atoms with Crippen molar-refractivity contribution in [1.29, 1.82) is 0 Å². The van der Waals surface area contributed by atoms with Gasteiger partial charge >= 0.3 is 48.4 Å². The molecule has 3 radical (unpaired) electrons. The molecule has 0 aliphatic carbocycles. The molecule has 1 aromatic rings. The van der Waals surface area contributed by atoms with E-state index >= 15 is 0 Å². The molecule has 0 saturated heterocycles. The Balaban J connectivity index is 3.05. The van der Waals surface area contributed by atoms with Crippen LogP contribution in [-0.2, 0) is 0 Å². The molecule has 0 spiro atoms. The summed E-state index contributed by atoms with van der Waals surface area (Å²) in [6.07, 6.45) is 3.20. The third-order valence-electron chi connectivity index (χ3n) is 0.419. The Morgan fingerprint density at radius 3 is 2.67 bits per heavy atom. The van der Waals surface area contributed by atoms with Gasteiger partial charge in [0.15, 0.2) is 0 Å². The van der Waals surface area contributed by atoms with Gasteiger partial charge < -0.3 is 0 Å². The molecule has 0 bridgehead atoms. The van der Waals surface area contributed by atoms with Gasteiger partial charge in [-0.25, -0.2) is 0 Å². The van der Waals surface area contributed by atoms with Crippen molar-refractivity contribution in [3.63, 3.8) is 0 Å². The molecule has 4 heteroatoms. The van der Waals surface area contributed by atoms with Gasteiger partial charge in [0.25, 0.3) is 0 Å². The zero-order valence-corrected chi connectivity index (χ0v) is 5.85. The third-order valence-corrected chi connectivity index (χ3v) is 1.08. The number of hydrogen-bond acceptors (Lipinski definition) is 2. The molecule has 3 nitrogen and oxygen atoms in total. The fourth-order valence-corrected chi connectivity index (χ4v) is 0.546. The number of hydrogen-bond donors (Lipinski definition) is 0. The molecular weight excluding hydrogens is 185 g/mol. The van der Waals surface area contributed by atoms with Crippen LogP contribution in [0.25, 0.3) is 0 Å². The fourth-order valence-electron chi connectivity index (χ4n) is 0.208. The van der Waals surface area contributed by atoms with Crippen LogP contribution in [-0.4, -0.2) is 35.8 Å². The molecule has 29 valence electrons. The summed E-state index contributed by atoms with van der Waals surface area (Å²) in [4.78, 5) is 3.70. The molecule has 0 fully saturated rings. The Morgan fingerprint density at radius 1 is 1.67 bits per heavy atom. The van der Waals surface area contributed by atoms with Crippen LogP contribution in [0.3, 0.4) is 0 Å². The summed E-state index contributed by atoms with van der Waals surface area (Å²) in [6.45, 7) is 0. The second-order valence-electron chi connectivity index (χ2n) is 0.840. The van der Waals surface area contributed by atoms with Crippen LogP contribution < -0.4 is 0 Å². The Bertz CT molecular complexity index is 112. The SMILES string of the molecule is [Sn][n]1cncn1. The first-order valence-electron chi connectivity index (χ1n) is 1.46. The van der Waals surface area contributed by atoms with Gasteiger partial charge in [0, 0.05) is 0 Å². The van der Waals surface area contributed by atoms with E-state index in [2.05, 4.69) is 10.1 Å². The van der Waals surface area contributed by atoms with Crippen LogP contribution in [0.15, 0.2) is 12.7 Å². The Morgan fingerprint density at radius 2 is 2.50 bits per heavy atom. The maximum atomic E-state index is 3.76. The van der Waals surface area contributed by atoms with E-state index in [1.165, 1.54) is 29.1 Å². The average molecular weight is 187 g/mol. The van der Waals surface area contributed by atoms with E-state index < -0.39 is 0 Å². The molecular formula is C2H2N3Sn. The van der Waals surface area contributed by atoms with Gasteiger partial charge in [0.2, 0.25) is 0 Å². The summed E-state index contributed by atoms with van der Waals surface area (Å²) in [5, 5.41) is 3.76. The van der Waals surface area contributed by atoms with Crippen LogP contribution in [0.2, 0.25) is 0 Å². The first kappa shape index (κ1) is 4.11. The van der Waals surface area contributed by atoms with Gasteiger partial charge in [-0.1, -0.05) is 0 Å². The minimum atomic E-state index is 1.25. The number of rotatable bonds is 0. The second kappa shape index (κ2) is 1.59. The molecule has 0 unspecified atom stereocenters. The van der Waals surface area contributed by atoms with Crippen molar-refractivity contribution < 1.29 is 0 Å². The van der Waals surface area contributed by atoms with E-state index in [1.807, 2.05) is 0 Å². The van der Waals surface area contributed by atoms with E-state index in [1.54, 1.807) is 9.23 Å². The summed E-state index contributed by atoms with van der Waals surface area (Å²) in [7, 11) is 0. The Hall–Kier alpha value is -0.0613. The number of aromatic nitrogens is 3. The van der Waals surface area contributed by atoms with Gasteiger partial charge in [-0.2, -0.15) is 0 Å². The van der Waals surface area contributed by atoms with Crippen molar-refractivity contribution in [3.8, 4) is 0 Å². The molecule has 0 atom stereocenters. The summed E-state index contributed by atoms with van der Waals surface area (Å²) in [6, 6.07) is 0. The molecule has 0 N–H and O–H groups in total. The van der Waals surface area contributed by atoms with Crippen LogP contribution >= 0.6 is 0 Å². The van der Waals surface area contributed by atoms with Crippen molar-refractivity contribution in [1.82, 2.24) is 13.0 Å². The second-order valence-corrected chi connectivity index (χ2v) is 2.15. The van der Waals surface area contributed by atoms with Crippen molar-refractivity contribution in [3.05, 3.63) is 12.7 Å². The molecule has 0 amide bonds. The van der Waals surface area contributed by atoms with Crippen molar-refractivity contribution in [2.75, 3.05) is 0 Å². The van der Waals surface area contributed by atoms with E-state index in [0.29, 0.717) is 0 Å². The van der Waals surface area contributed by atoms with Gasteiger partial charge in [0.1, 0.15) is 0 Å². The van der Waals surface area contributed by atoms with Crippen LogP contribution in [0.5, 0.6) is 0 Å². The van der Waals surface area contributed by atoms with Crippen LogP contribution in [0, 0.1) is 0 Å². The molecule has 0 aromatic carbocycles. The predicted octanol–water partition coefficient (Wildman–Crippen LogP) is -0.790. The first-order chi connectivity index (χ1) is 2.89. The van der Waals surface area contributed by atoms with E-state index in [-0.39, 0.29) is 0 Å². The molecule has 0 aliphatic heterocycles. The summed E-state index contributed by atoms with van der Waals surface area (Å²) in [5.74, 6) is 0. The summed E-state index contributed by atoms with van der Waals surface area (Å²) >= 11 is 1.25. The van der Waals surface area contributed by atoms with Crippen LogP contribution in [0.4, 0.5) is 0 Å². The molecule has 1 rings (SSSR count). The monoisotopic (exact) mass is 188 g/mol. The van der Waals surface area contributed by atoms with Gasteiger partial charge in [-0.15, -0.1) is 0 Å². The normalized spacial score (nSPS) is 8.83. The zero-order valence-electron chi connectivity index (χ0n) is 3.00. The van der Waals surface area contributed by atoms with Crippen molar-refractivity contribution in [2.24, 2.45) is 0 Å². The van der Waals surface area contributed by atoms with Gasteiger partial charge in [-0.3, -0.25) is 0 Å². The van der Waals surface area contributed by atoms with E-state index in [4.69, 9.17) is 0 Å². The van der Waals surface area contributed by atoms with Crippen LogP contribution in [0.1, 0.15) is 0 Å². The molecule has 1 aromatic heterocycles. The molecule has 1 heterocycles. The quantitative estimate of drug-likeness (QED) is 0.498. The minimum absolute atomic E-state index is 1.25. The Kier molecular flexibility index (Phi) is 1.09. The third kappa shape index (κ3) is 0.706. The molecule has 0 saturated carbocycles. The molecule has 0 aliphatic rings. The topological polar surface area (TPSA) is 30.7 Å². The van der Waals surface area contributed by atoms with Crippen molar-refractivity contribution in [2.45, 2.75) is 0 Å². The maximum absolute atomic E-state index is 3.76. The average Bonchev–Trinajstić information content (AvgIpc) is 1.86. The van der Waals surface area contributed by atoms with Crippen molar-refractivity contribution >= 4 is 22.8 Å². The standard InChI is InChI=1S/C2H2N3.Sn/c1-3-2-5-4-1;/h1-2H;/q-1;+1.